The third kappa shape index (κ3) is 5.00. The minimum atomic E-state index is -0.0706. The quantitative estimate of drug-likeness (QED) is 0.768. The lowest BCUT2D eigenvalue weighted by Gasteiger charge is -2.26. The third-order valence-corrected chi connectivity index (χ3v) is 3.68. The van der Waals surface area contributed by atoms with E-state index >= 15 is 0 Å². The van der Waals surface area contributed by atoms with Crippen LogP contribution in [0.15, 0.2) is 10.5 Å². The van der Waals surface area contributed by atoms with Crippen molar-refractivity contribution >= 4 is 0 Å². The molecule has 0 aromatic carbocycles. The first-order valence-corrected chi connectivity index (χ1v) is 7.25. The highest BCUT2D eigenvalue weighted by atomic mass is 16.5. The Morgan fingerprint density at radius 2 is 2.05 bits per heavy atom. The van der Waals surface area contributed by atoms with Crippen molar-refractivity contribution in [2.75, 3.05) is 13.7 Å². The number of rotatable bonds is 8. The SMILES string of the molecule is CCCNC(CCC(C)(C)OC)c1cc(C)oc1C. The summed E-state index contributed by atoms with van der Waals surface area (Å²) < 4.78 is 11.2. The van der Waals surface area contributed by atoms with Gasteiger partial charge < -0.3 is 14.5 Å². The second kappa shape index (κ2) is 7.11. The first-order valence-electron chi connectivity index (χ1n) is 7.25. The van der Waals surface area contributed by atoms with Gasteiger partial charge in [-0.1, -0.05) is 6.92 Å². The molecule has 1 unspecified atom stereocenters. The topological polar surface area (TPSA) is 34.4 Å². The van der Waals surface area contributed by atoms with E-state index in [1.54, 1.807) is 7.11 Å². The molecular weight excluding hydrogens is 238 g/mol. The van der Waals surface area contributed by atoms with Crippen molar-refractivity contribution in [2.24, 2.45) is 0 Å². The molecule has 0 saturated heterocycles. The second-order valence-electron chi connectivity index (χ2n) is 5.88. The van der Waals surface area contributed by atoms with Crippen LogP contribution in [0.4, 0.5) is 0 Å². The molecule has 0 aliphatic carbocycles. The van der Waals surface area contributed by atoms with Crippen molar-refractivity contribution < 1.29 is 9.15 Å². The summed E-state index contributed by atoms with van der Waals surface area (Å²) >= 11 is 0. The minimum Gasteiger partial charge on any atom is -0.466 e. The van der Waals surface area contributed by atoms with Crippen molar-refractivity contribution in [2.45, 2.75) is 65.5 Å². The van der Waals surface area contributed by atoms with E-state index in [0.29, 0.717) is 6.04 Å². The fraction of sp³-hybridized carbons (Fsp3) is 0.750. The van der Waals surface area contributed by atoms with Crippen LogP contribution in [-0.2, 0) is 4.74 Å². The van der Waals surface area contributed by atoms with Crippen molar-refractivity contribution in [3.05, 3.63) is 23.2 Å². The summed E-state index contributed by atoms with van der Waals surface area (Å²) in [6, 6.07) is 2.51. The Labute approximate surface area is 117 Å². The first kappa shape index (κ1) is 16.3. The highest BCUT2D eigenvalue weighted by Gasteiger charge is 2.22. The zero-order valence-corrected chi connectivity index (χ0v) is 13.3. The van der Waals surface area contributed by atoms with Crippen LogP contribution >= 0.6 is 0 Å². The Bertz CT molecular complexity index is 382. The van der Waals surface area contributed by atoms with Crippen molar-refractivity contribution in [3.8, 4) is 0 Å². The van der Waals surface area contributed by atoms with E-state index in [0.717, 1.165) is 37.3 Å². The maximum Gasteiger partial charge on any atom is 0.105 e. The molecule has 3 heteroatoms. The molecule has 0 amide bonds. The molecule has 1 N–H and O–H groups in total. The second-order valence-corrected chi connectivity index (χ2v) is 5.88. The van der Waals surface area contributed by atoms with Gasteiger partial charge >= 0.3 is 0 Å². The highest BCUT2D eigenvalue weighted by molar-refractivity contribution is 5.24. The normalized spacial score (nSPS) is 13.8. The van der Waals surface area contributed by atoms with Gasteiger partial charge in [0, 0.05) is 18.7 Å². The molecular formula is C16H29NO2. The largest absolute Gasteiger partial charge is 0.466 e. The summed E-state index contributed by atoms with van der Waals surface area (Å²) in [5.41, 5.74) is 1.22. The average molecular weight is 267 g/mol. The zero-order valence-electron chi connectivity index (χ0n) is 13.3. The Morgan fingerprint density at radius 1 is 1.37 bits per heavy atom. The summed E-state index contributed by atoms with van der Waals surface area (Å²) in [6.45, 7) is 11.5. The zero-order chi connectivity index (χ0) is 14.5. The molecule has 0 radical (unpaired) electrons. The monoisotopic (exact) mass is 267 g/mol. The number of methoxy groups -OCH3 is 1. The fourth-order valence-corrected chi connectivity index (χ4v) is 2.28. The molecule has 0 aliphatic rings. The van der Waals surface area contributed by atoms with Crippen molar-refractivity contribution in [1.82, 2.24) is 5.32 Å². The maximum absolute atomic E-state index is 5.66. The predicted octanol–water partition coefficient (Wildman–Crippen LogP) is 4.14. The Balaban J connectivity index is 2.74. The van der Waals surface area contributed by atoms with Crippen LogP contribution in [-0.4, -0.2) is 19.3 Å². The molecule has 0 spiro atoms. The molecule has 1 heterocycles. The van der Waals surface area contributed by atoms with E-state index in [-0.39, 0.29) is 5.60 Å². The van der Waals surface area contributed by atoms with Gasteiger partial charge in [-0.05, 0) is 59.6 Å². The van der Waals surface area contributed by atoms with Crippen LogP contribution < -0.4 is 5.32 Å². The maximum atomic E-state index is 5.66. The summed E-state index contributed by atoms with van der Waals surface area (Å²) in [7, 11) is 1.78. The van der Waals surface area contributed by atoms with Crippen LogP contribution in [0.25, 0.3) is 0 Å². The number of aryl methyl sites for hydroxylation is 2. The van der Waals surface area contributed by atoms with E-state index in [9.17, 15) is 0 Å². The molecule has 110 valence electrons. The van der Waals surface area contributed by atoms with E-state index in [2.05, 4.69) is 32.2 Å². The van der Waals surface area contributed by atoms with E-state index < -0.39 is 0 Å². The third-order valence-electron chi connectivity index (χ3n) is 3.68. The standard InChI is InChI=1S/C16H29NO2/c1-7-10-17-15(8-9-16(4,5)18-6)14-11-12(2)19-13(14)3/h11,15,17H,7-10H2,1-6H3. The van der Waals surface area contributed by atoms with Gasteiger partial charge in [0.2, 0.25) is 0 Å². The van der Waals surface area contributed by atoms with Gasteiger partial charge in [0.1, 0.15) is 11.5 Å². The smallest absolute Gasteiger partial charge is 0.105 e. The summed E-state index contributed by atoms with van der Waals surface area (Å²) in [5, 5.41) is 3.62. The van der Waals surface area contributed by atoms with Gasteiger partial charge in [-0.3, -0.25) is 0 Å². The molecule has 0 bridgehead atoms. The summed E-state index contributed by atoms with van der Waals surface area (Å²) in [6.07, 6.45) is 3.22. The molecule has 1 rings (SSSR count). The molecule has 0 saturated carbocycles. The van der Waals surface area contributed by atoms with Crippen molar-refractivity contribution in [3.63, 3.8) is 0 Å². The number of furan rings is 1. The fourth-order valence-electron chi connectivity index (χ4n) is 2.28. The molecule has 1 aromatic rings. The minimum absolute atomic E-state index is 0.0706. The molecule has 0 fully saturated rings. The Hall–Kier alpha value is -0.800. The van der Waals surface area contributed by atoms with E-state index in [1.807, 2.05) is 13.8 Å². The van der Waals surface area contributed by atoms with Crippen LogP contribution in [0.1, 0.15) is 63.2 Å². The van der Waals surface area contributed by atoms with Gasteiger partial charge in [-0.15, -0.1) is 0 Å². The lowest BCUT2D eigenvalue weighted by atomic mass is 9.95. The van der Waals surface area contributed by atoms with Gasteiger partial charge in [0.25, 0.3) is 0 Å². The number of ether oxygens (including phenoxy) is 1. The Kier molecular flexibility index (Phi) is 6.08. The molecule has 19 heavy (non-hydrogen) atoms. The Morgan fingerprint density at radius 3 is 2.53 bits per heavy atom. The molecule has 0 aliphatic heterocycles. The first-order chi connectivity index (χ1) is 8.89. The van der Waals surface area contributed by atoms with Gasteiger partial charge in [-0.25, -0.2) is 0 Å². The lowest BCUT2D eigenvalue weighted by molar-refractivity contribution is 0.0116. The van der Waals surface area contributed by atoms with Gasteiger partial charge in [0.05, 0.1) is 5.60 Å². The van der Waals surface area contributed by atoms with Crippen molar-refractivity contribution in [1.29, 1.82) is 0 Å². The van der Waals surface area contributed by atoms with Crippen LogP contribution in [0.5, 0.6) is 0 Å². The van der Waals surface area contributed by atoms with Crippen LogP contribution in [0, 0.1) is 13.8 Å². The predicted molar refractivity (Wildman–Crippen MR) is 79.5 cm³/mol. The molecule has 1 atom stereocenters. The highest BCUT2D eigenvalue weighted by Crippen LogP contribution is 2.28. The summed E-state index contributed by atoms with van der Waals surface area (Å²) in [4.78, 5) is 0. The van der Waals surface area contributed by atoms with Gasteiger partial charge in [0.15, 0.2) is 0 Å². The lowest BCUT2D eigenvalue weighted by Crippen LogP contribution is -2.28. The van der Waals surface area contributed by atoms with Gasteiger partial charge in [-0.2, -0.15) is 0 Å². The van der Waals surface area contributed by atoms with E-state index in [4.69, 9.17) is 9.15 Å². The molecule has 3 nitrogen and oxygen atoms in total. The number of hydrogen-bond donors (Lipinski definition) is 1. The number of hydrogen-bond acceptors (Lipinski definition) is 3. The summed E-state index contributed by atoms with van der Waals surface area (Å²) in [5.74, 6) is 2.02. The average Bonchev–Trinajstić information content (AvgIpc) is 2.69. The van der Waals surface area contributed by atoms with Crippen LogP contribution in [0.2, 0.25) is 0 Å². The van der Waals surface area contributed by atoms with E-state index in [1.165, 1.54) is 5.56 Å². The number of nitrogens with one attached hydrogen (secondary N) is 1. The van der Waals surface area contributed by atoms with Crippen LogP contribution in [0.3, 0.4) is 0 Å². The molecule has 1 aromatic heterocycles.